The van der Waals surface area contributed by atoms with Gasteiger partial charge in [0.25, 0.3) is 0 Å². The molecule has 0 unspecified atom stereocenters. The number of rotatable bonds is 4. The van der Waals surface area contributed by atoms with Gasteiger partial charge in [-0.1, -0.05) is 22.0 Å². The van der Waals surface area contributed by atoms with Crippen LogP contribution in [0.1, 0.15) is 43.6 Å². The fraction of sp³-hybridized carbons (Fsp3) is 0.438. The maximum Gasteiger partial charge on any atom is 0.491 e. The molecule has 1 saturated heterocycles. The summed E-state index contributed by atoms with van der Waals surface area (Å²) in [4.78, 5) is 11.4. The molecule has 5 nitrogen and oxygen atoms in total. The van der Waals surface area contributed by atoms with Gasteiger partial charge in [-0.3, -0.25) is 0 Å². The Balaban J connectivity index is 2.41. The first-order valence-electron chi connectivity index (χ1n) is 7.36. The number of hydrogen-bond acceptors (Lipinski definition) is 4. The van der Waals surface area contributed by atoms with E-state index in [-0.39, 0.29) is 12.1 Å². The van der Waals surface area contributed by atoms with E-state index < -0.39 is 24.3 Å². The van der Waals surface area contributed by atoms with Gasteiger partial charge < -0.3 is 20.1 Å². The minimum Gasteiger partial charge on any atom is -0.478 e. The standard InChI is InChI=1S/C16H21BBrNO4/c1-15(2)16(3,4)23-17(22-15)11(9-19)7-10-8-12(18)5-6-13(10)14(20)21/h5-8H,9,19H2,1-4H3,(H,20,21). The zero-order chi connectivity index (χ0) is 17.4. The lowest BCUT2D eigenvalue weighted by Crippen LogP contribution is -2.41. The van der Waals surface area contributed by atoms with E-state index in [1.54, 1.807) is 24.3 Å². The second kappa shape index (κ2) is 6.40. The van der Waals surface area contributed by atoms with Gasteiger partial charge in [-0.15, -0.1) is 0 Å². The van der Waals surface area contributed by atoms with Crippen molar-refractivity contribution < 1.29 is 19.2 Å². The molecule has 0 atom stereocenters. The van der Waals surface area contributed by atoms with Crippen molar-refractivity contribution in [3.63, 3.8) is 0 Å². The maximum atomic E-state index is 11.4. The minimum absolute atomic E-state index is 0.204. The van der Waals surface area contributed by atoms with E-state index in [0.717, 1.165) is 4.47 Å². The SMILES string of the molecule is CC1(C)OB(C(=Cc2cc(Br)ccc2C(=O)O)CN)OC1(C)C. The van der Waals surface area contributed by atoms with Crippen LogP contribution in [0, 0.1) is 0 Å². The highest BCUT2D eigenvalue weighted by Gasteiger charge is 2.52. The Hall–Kier alpha value is -1.15. The predicted molar refractivity (Wildman–Crippen MR) is 94.2 cm³/mol. The summed E-state index contributed by atoms with van der Waals surface area (Å²) in [5, 5.41) is 9.34. The maximum absolute atomic E-state index is 11.4. The molecule has 1 aliphatic rings. The van der Waals surface area contributed by atoms with Crippen LogP contribution in [0.3, 0.4) is 0 Å². The van der Waals surface area contributed by atoms with Crippen molar-refractivity contribution in [2.45, 2.75) is 38.9 Å². The average Bonchev–Trinajstić information content (AvgIpc) is 2.64. The molecule has 0 radical (unpaired) electrons. The lowest BCUT2D eigenvalue weighted by molar-refractivity contribution is 0.00578. The fourth-order valence-electron chi connectivity index (χ4n) is 2.27. The van der Waals surface area contributed by atoms with Crippen molar-refractivity contribution in [3.05, 3.63) is 39.3 Å². The molecule has 3 N–H and O–H groups in total. The fourth-order valence-corrected chi connectivity index (χ4v) is 2.64. The zero-order valence-electron chi connectivity index (χ0n) is 13.7. The normalized spacial score (nSPS) is 19.9. The van der Waals surface area contributed by atoms with Gasteiger partial charge in [-0.25, -0.2) is 4.79 Å². The summed E-state index contributed by atoms with van der Waals surface area (Å²) in [5.41, 5.74) is 6.37. The third-order valence-electron chi connectivity index (χ3n) is 4.38. The van der Waals surface area contributed by atoms with Crippen LogP contribution in [0.15, 0.2) is 28.1 Å². The Bertz CT molecular complexity index is 641. The van der Waals surface area contributed by atoms with E-state index in [1.165, 1.54) is 0 Å². The van der Waals surface area contributed by atoms with Crippen LogP contribution in [0.5, 0.6) is 0 Å². The summed E-state index contributed by atoms with van der Waals surface area (Å²) in [6, 6.07) is 4.98. The smallest absolute Gasteiger partial charge is 0.478 e. The van der Waals surface area contributed by atoms with Crippen LogP contribution < -0.4 is 5.73 Å². The predicted octanol–water partition coefficient (Wildman–Crippen LogP) is 3.12. The van der Waals surface area contributed by atoms with Crippen molar-refractivity contribution in [1.29, 1.82) is 0 Å². The average molecular weight is 382 g/mol. The molecule has 0 spiro atoms. The number of carbonyl (C=O) groups is 1. The summed E-state index contributed by atoms with van der Waals surface area (Å²) in [5.74, 6) is -0.992. The monoisotopic (exact) mass is 381 g/mol. The largest absolute Gasteiger partial charge is 0.491 e. The van der Waals surface area contributed by atoms with Crippen molar-refractivity contribution in [1.82, 2.24) is 0 Å². The van der Waals surface area contributed by atoms with Gasteiger partial charge in [0, 0.05) is 11.0 Å². The number of benzene rings is 1. The first-order chi connectivity index (χ1) is 10.6. The molecule has 124 valence electrons. The molecular weight excluding hydrogens is 361 g/mol. The van der Waals surface area contributed by atoms with Gasteiger partial charge in [0.05, 0.1) is 16.8 Å². The number of carboxylic acids is 1. The van der Waals surface area contributed by atoms with Gasteiger partial charge in [-0.2, -0.15) is 0 Å². The molecule has 1 aromatic carbocycles. The van der Waals surface area contributed by atoms with Crippen LogP contribution in [0.25, 0.3) is 6.08 Å². The minimum atomic E-state index is -0.992. The summed E-state index contributed by atoms with van der Waals surface area (Å²) in [7, 11) is -0.592. The summed E-state index contributed by atoms with van der Waals surface area (Å²) in [6.07, 6.45) is 1.73. The second-order valence-electron chi connectivity index (χ2n) is 6.55. The van der Waals surface area contributed by atoms with Crippen molar-refractivity contribution in [3.8, 4) is 0 Å². The van der Waals surface area contributed by atoms with Gasteiger partial charge in [0.1, 0.15) is 0 Å². The summed E-state index contributed by atoms with van der Waals surface area (Å²) in [6.45, 7) is 8.06. The highest BCUT2D eigenvalue weighted by atomic mass is 79.9. The molecule has 0 amide bonds. The second-order valence-corrected chi connectivity index (χ2v) is 7.46. The van der Waals surface area contributed by atoms with Crippen LogP contribution >= 0.6 is 15.9 Å². The quantitative estimate of drug-likeness (QED) is 0.783. The van der Waals surface area contributed by atoms with Crippen molar-refractivity contribution >= 4 is 35.1 Å². The summed E-state index contributed by atoms with van der Waals surface area (Å²) >= 11 is 3.36. The van der Waals surface area contributed by atoms with Crippen LogP contribution in [-0.2, 0) is 9.31 Å². The Labute approximate surface area is 145 Å². The van der Waals surface area contributed by atoms with E-state index in [9.17, 15) is 9.90 Å². The van der Waals surface area contributed by atoms with Crippen LogP contribution in [0.2, 0.25) is 0 Å². The first kappa shape index (κ1) is 18.2. The van der Waals surface area contributed by atoms with Crippen molar-refractivity contribution in [2.24, 2.45) is 5.73 Å². The lowest BCUT2D eigenvalue weighted by atomic mass is 9.77. The molecule has 7 heteroatoms. The zero-order valence-corrected chi connectivity index (χ0v) is 15.3. The number of nitrogens with two attached hydrogens (primary N) is 1. The molecule has 1 aliphatic heterocycles. The third kappa shape index (κ3) is 3.69. The van der Waals surface area contributed by atoms with E-state index in [2.05, 4.69) is 15.9 Å². The van der Waals surface area contributed by atoms with Gasteiger partial charge in [0.15, 0.2) is 0 Å². The summed E-state index contributed by atoms with van der Waals surface area (Å²) < 4.78 is 12.8. The molecule has 0 bridgehead atoms. The molecular formula is C16H21BBrNO4. The molecule has 0 aromatic heterocycles. The number of hydrogen-bond donors (Lipinski definition) is 2. The van der Waals surface area contributed by atoms with E-state index in [1.807, 2.05) is 27.7 Å². The number of halogens is 1. The molecule has 0 aliphatic carbocycles. The Kier molecular flexibility index (Phi) is 5.06. The molecule has 23 heavy (non-hydrogen) atoms. The highest BCUT2D eigenvalue weighted by Crippen LogP contribution is 2.38. The third-order valence-corrected chi connectivity index (χ3v) is 4.87. The number of carboxylic acid groups (broad SMARTS) is 1. The van der Waals surface area contributed by atoms with E-state index in [4.69, 9.17) is 15.0 Å². The Morgan fingerprint density at radius 3 is 2.35 bits per heavy atom. The molecule has 2 rings (SSSR count). The van der Waals surface area contributed by atoms with E-state index >= 15 is 0 Å². The van der Waals surface area contributed by atoms with Gasteiger partial charge >= 0.3 is 13.1 Å². The highest BCUT2D eigenvalue weighted by molar-refractivity contribution is 9.10. The van der Waals surface area contributed by atoms with Crippen LogP contribution in [-0.4, -0.2) is 35.9 Å². The van der Waals surface area contributed by atoms with Crippen LogP contribution in [0.4, 0.5) is 0 Å². The molecule has 1 heterocycles. The number of aromatic carboxylic acids is 1. The molecule has 1 fully saturated rings. The van der Waals surface area contributed by atoms with Crippen molar-refractivity contribution in [2.75, 3.05) is 6.54 Å². The molecule has 0 saturated carbocycles. The molecule has 1 aromatic rings. The van der Waals surface area contributed by atoms with Gasteiger partial charge in [0.2, 0.25) is 0 Å². The van der Waals surface area contributed by atoms with E-state index in [0.29, 0.717) is 11.0 Å². The lowest BCUT2D eigenvalue weighted by Gasteiger charge is -2.32. The van der Waals surface area contributed by atoms with Gasteiger partial charge in [-0.05, 0) is 56.9 Å². The Morgan fingerprint density at radius 2 is 1.87 bits per heavy atom. The topological polar surface area (TPSA) is 81.8 Å². The Morgan fingerprint density at radius 1 is 1.30 bits per heavy atom. The first-order valence-corrected chi connectivity index (χ1v) is 8.16.